The molecule has 2 unspecified atom stereocenters. The minimum Gasteiger partial charge on any atom is -0.464 e. The highest BCUT2D eigenvalue weighted by atomic mass is 127. The number of alkyl halides is 2. The van der Waals surface area contributed by atoms with E-state index >= 15 is 0 Å². The predicted octanol–water partition coefficient (Wildman–Crippen LogP) is 6.12. The first-order valence-corrected chi connectivity index (χ1v) is 11.4. The number of hydrogen-bond donors (Lipinski definition) is 0. The molecule has 0 saturated carbocycles. The molecule has 7 heteroatoms. The summed E-state index contributed by atoms with van der Waals surface area (Å²) in [6.45, 7) is 12.0. The number of rotatable bonds is 8. The fourth-order valence-electron chi connectivity index (χ4n) is 1.94. The molecule has 0 saturated heterocycles. The van der Waals surface area contributed by atoms with Crippen molar-refractivity contribution in [1.29, 1.82) is 0 Å². The largest absolute Gasteiger partial charge is 0.464 e. The zero-order valence-corrected chi connectivity index (χ0v) is 20.9. The van der Waals surface area contributed by atoms with Gasteiger partial charge in [0.15, 0.2) is 0 Å². The molecule has 144 valence electrons. The molecule has 0 amide bonds. The molecule has 4 nitrogen and oxygen atoms in total. The molecule has 1 aromatic rings. The maximum absolute atomic E-state index is 5.97. The Kier molecular flexibility index (Phi) is 9.49. The van der Waals surface area contributed by atoms with Crippen LogP contribution in [0.4, 0.5) is 0 Å². The standard InChI is InChI=1S/C18H27Br2IO4/c1-17(2,3)24-15(10-19)22-13-7-12(21)8-14(9-13)23-16(11-20)25-18(4,5)6/h7-9,15-16H,10-11H2,1-6H3. The maximum Gasteiger partial charge on any atom is 0.210 e. The molecule has 0 aliphatic rings. The Hall–Kier alpha value is 0.430. The zero-order chi connectivity index (χ0) is 19.3. The Morgan fingerprint density at radius 2 is 1.16 bits per heavy atom. The summed E-state index contributed by atoms with van der Waals surface area (Å²) in [6, 6.07) is 5.75. The summed E-state index contributed by atoms with van der Waals surface area (Å²) in [5, 5.41) is 1.15. The summed E-state index contributed by atoms with van der Waals surface area (Å²) in [7, 11) is 0. The van der Waals surface area contributed by atoms with Crippen LogP contribution in [0, 0.1) is 3.57 Å². The summed E-state index contributed by atoms with van der Waals surface area (Å²) in [5.41, 5.74) is -0.581. The van der Waals surface area contributed by atoms with Crippen LogP contribution >= 0.6 is 54.5 Å². The summed E-state index contributed by atoms with van der Waals surface area (Å²) in [4.78, 5) is 0. The average Bonchev–Trinajstić information content (AvgIpc) is 2.42. The van der Waals surface area contributed by atoms with Crippen molar-refractivity contribution in [1.82, 2.24) is 0 Å². The van der Waals surface area contributed by atoms with Crippen molar-refractivity contribution in [3.8, 4) is 11.5 Å². The van der Waals surface area contributed by atoms with Crippen LogP contribution in [0.5, 0.6) is 11.5 Å². The van der Waals surface area contributed by atoms with E-state index in [1.165, 1.54) is 0 Å². The molecule has 0 bridgehead atoms. The van der Waals surface area contributed by atoms with E-state index < -0.39 is 0 Å². The predicted molar refractivity (Wildman–Crippen MR) is 117 cm³/mol. The van der Waals surface area contributed by atoms with Gasteiger partial charge in [-0.05, 0) is 76.3 Å². The van der Waals surface area contributed by atoms with Gasteiger partial charge in [-0.25, -0.2) is 0 Å². The lowest BCUT2D eigenvalue weighted by molar-refractivity contribution is -0.138. The molecule has 0 radical (unpaired) electrons. The second-order valence-electron chi connectivity index (χ2n) is 7.49. The number of benzene rings is 1. The second kappa shape index (κ2) is 10.1. The van der Waals surface area contributed by atoms with E-state index in [0.717, 1.165) is 3.57 Å². The van der Waals surface area contributed by atoms with Gasteiger partial charge in [-0.3, -0.25) is 0 Å². The Balaban J connectivity index is 2.87. The van der Waals surface area contributed by atoms with Gasteiger partial charge < -0.3 is 18.9 Å². The molecule has 0 N–H and O–H groups in total. The lowest BCUT2D eigenvalue weighted by Gasteiger charge is -2.28. The first-order chi connectivity index (χ1) is 11.4. The van der Waals surface area contributed by atoms with E-state index in [9.17, 15) is 0 Å². The third-order valence-electron chi connectivity index (χ3n) is 2.60. The summed E-state index contributed by atoms with van der Waals surface area (Å²) < 4.78 is 24.7. The van der Waals surface area contributed by atoms with Crippen LogP contribution in [-0.2, 0) is 9.47 Å². The molecule has 0 aromatic heterocycles. The van der Waals surface area contributed by atoms with Crippen molar-refractivity contribution in [3.05, 3.63) is 21.8 Å². The first-order valence-electron chi connectivity index (χ1n) is 8.03. The smallest absolute Gasteiger partial charge is 0.210 e. The Labute approximate surface area is 181 Å². The van der Waals surface area contributed by atoms with Crippen LogP contribution in [0.25, 0.3) is 0 Å². The van der Waals surface area contributed by atoms with Gasteiger partial charge in [0, 0.05) is 9.64 Å². The SMILES string of the molecule is CC(C)(C)OC(CBr)Oc1cc(I)cc(OC(CBr)OC(C)(C)C)c1. The molecule has 0 heterocycles. The Bertz CT molecular complexity index is 497. The van der Waals surface area contributed by atoms with Gasteiger partial charge in [0.25, 0.3) is 0 Å². The van der Waals surface area contributed by atoms with Crippen LogP contribution in [0.1, 0.15) is 41.5 Å². The molecule has 2 atom stereocenters. The topological polar surface area (TPSA) is 36.9 Å². The average molecular weight is 594 g/mol. The molecule has 1 aromatic carbocycles. The fourth-order valence-corrected chi connectivity index (χ4v) is 3.08. The first kappa shape index (κ1) is 23.5. The van der Waals surface area contributed by atoms with E-state index in [4.69, 9.17) is 18.9 Å². The van der Waals surface area contributed by atoms with Crippen molar-refractivity contribution >= 4 is 54.5 Å². The third kappa shape index (κ3) is 10.4. The highest BCUT2D eigenvalue weighted by Gasteiger charge is 2.21. The van der Waals surface area contributed by atoms with Gasteiger partial charge in [-0.15, -0.1) is 0 Å². The monoisotopic (exact) mass is 592 g/mol. The molecule has 0 spiro atoms. The van der Waals surface area contributed by atoms with Crippen molar-refractivity contribution in [2.75, 3.05) is 10.7 Å². The van der Waals surface area contributed by atoms with Gasteiger partial charge in [0.2, 0.25) is 12.6 Å². The highest BCUT2D eigenvalue weighted by Crippen LogP contribution is 2.28. The zero-order valence-electron chi connectivity index (χ0n) is 15.6. The molecule has 25 heavy (non-hydrogen) atoms. The van der Waals surface area contributed by atoms with Crippen LogP contribution in [-0.4, -0.2) is 34.4 Å². The van der Waals surface area contributed by atoms with Crippen molar-refractivity contribution < 1.29 is 18.9 Å². The normalized spacial score (nSPS) is 14.9. The minimum atomic E-state index is -0.385. The van der Waals surface area contributed by atoms with Crippen molar-refractivity contribution in [3.63, 3.8) is 0 Å². The number of hydrogen-bond acceptors (Lipinski definition) is 4. The van der Waals surface area contributed by atoms with E-state index in [2.05, 4.69) is 54.5 Å². The van der Waals surface area contributed by atoms with Crippen molar-refractivity contribution in [2.45, 2.75) is 65.3 Å². The Morgan fingerprint density at radius 3 is 1.44 bits per heavy atom. The van der Waals surface area contributed by atoms with Gasteiger partial charge in [-0.1, -0.05) is 31.9 Å². The fraction of sp³-hybridized carbons (Fsp3) is 0.667. The van der Waals surface area contributed by atoms with Gasteiger partial charge in [0.05, 0.1) is 21.9 Å². The van der Waals surface area contributed by atoms with Crippen LogP contribution in [0.2, 0.25) is 0 Å². The maximum atomic E-state index is 5.97. The van der Waals surface area contributed by atoms with E-state index in [1.54, 1.807) is 0 Å². The molecule has 0 aliphatic carbocycles. The number of ether oxygens (including phenoxy) is 4. The van der Waals surface area contributed by atoms with E-state index in [0.29, 0.717) is 22.2 Å². The molecule has 1 rings (SSSR count). The second-order valence-corrected chi connectivity index (χ2v) is 10.0. The molecule has 0 aliphatic heterocycles. The molecular formula is C18H27Br2IO4. The van der Waals surface area contributed by atoms with Gasteiger partial charge >= 0.3 is 0 Å². The van der Waals surface area contributed by atoms with Crippen LogP contribution < -0.4 is 9.47 Å². The summed E-state index contributed by atoms with van der Waals surface area (Å²) >= 11 is 9.12. The van der Waals surface area contributed by atoms with Crippen molar-refractivity contribution in [2.24, 2.45) is 0 Å². The molecule has 0 fully saturated rings. The lowest BCUT2D eigenvalue weighted by Crippen LogP contribution is -2.33. The van der Waals surface area contributed by atoms with Crippen LogP contribution in [0.3, 0.4) is 0 Å². The lowest BCUT2D eigenvalue weighted by atomic mass is 10.2. The molecular weight excluding hydrogens is 567 g/mol. The summed E-state index contributed by atoms with van der Waals surface area (Å²) in [6.07, 6.45) is -0.771. The summed E-state index contributed by atoms with van der Waals surface area (Å²) in [5.74, 6) is 1.39. The quantitative estimate of drug-likeness (QED) is 0.207. The van der Waals surface area contributed by atoms with E-state index in [1.807, 2.05) is 59.7 Å². The van der Waals surface area contributed by atoms with E-state index in [-0.39, 0.29) is 23.8 Å². The third-order valence-corrected chi connectivity index (χ3v) is 4.28. The van der Waals surface area contributed by atoms with Gasteiger partial charge in [0.1, 0.15) is 11.5 Å². The Morgan fingerprint density at radius 1 is 0.800 bits per heavy atom. The van der Waals surface area contributed by atoms with Crippen LogP contribution in [0.15, 0.2) is 18.2 Å². The highest BCUT2D eigenvalue weighted by molar-refractivity contribution is 14.1. The number of halogens is 3. The van der Waals surface area contributed by atoms with Gasteiger partial charge in [-0.2, -0.15) is 0 Å². The minimum absolute atomic E-state index is 0.290.